The number of hydrogen-bond acceptors (Lipinski definition) is 3. The number of nitrogens with two attached hydrogens (primary N) is 1. The molecule has 0 saturated heterocycles. The molecule has 0 aliphatic carbocycles. The molecule has 0 aromatic carbocycles. The van der Waals surface area contributed by atoms with E-state index in [9.17, 15) is 4.79 Å². The third-order valence-corrected chi connectivity index (χ3v) is 3.86. The van der Waals surface area contributed by atoms with Crippen molar-refractivity contribution in [3.63, 3.8) is 0 Å². The van der Waals surface area contributed by atoms with Gasteiger partial charge in [0, 0.05) is 6.42 Å². The van der Waals surface area contributed by atoms with Crippen molar-refractivity contribution in [1.29, 1.82) is 0 Å². The molecule has 126 valence electrons. The molecule has 2 N–H and O–H groups in total. The van der Waals surface area contributed by atoms with E-state index in [0.29, 0.717) is 6.42 Å². The molecule has 0 rings (SSSR count). The van der Waals surface area contributed by atoms with Gasteiger partial charge in [-0.25, -0.2) is 0 Å². The molecule has 21 heavy (non-hydrogen) atoms. The van der Waals surface area contributed by atoms with Crippen LogP contribution in [0.2, 0.25) is 0 Å². The highest BCUT2D eigenvalue weighted by Gasteiger charge is 2.09. The molecule has 0 saturated carbocycles. The van der Waals surface area contributed by atoms with Crippen molar-refractivity contribution in [2.75, 3.05) is 0 Å². The summed E-state index contributed by atoms with van der Waals surface area (Å²) in [6, 6.07) is 0. The molecule has 0 aromatic rings. The molecule has 1 atom stereocenters. The molecule has 0 aliphatic rings. The van der Waals surface area contributed by atoms with Gasteiger partial charge >= 0.3 is 5.97 Å². The molecular formula is C18H37NO2. The first kappa shape index (κ1) is 20.4. The number of hydrogen-bond donors (Lipinski definition) is 1. The molecule has 0 amide bonds. The first-order chi connectivity index (χ1) is 10.2. The molecule has 3 heteroatoms. The monoisotopic (exact) mass is 299 g/mol. The Bertz CT molecular complexity index is 231. The maximum Gasteiger partial charge on any atom is 0.307 e. The highest BCUT2D eigenvalue weighted by molar-refractivity contribution is 5.69. The van der Waals surface area contributed by atoms with E-state index in [1.165, 1.54) is 57.8 Å². The Morgan fingerprint density at radius 3 is 1.86 bits per heavy atom. The number of unbranched alkanes of at least 4 members (excludes halogenated alkanes) is 10. The maximum atomic E-state index is 11.6. The minimum absolute atomic E-state index is 0.123. The highest BCUT2D eigenvalue weighted by Crippen LogP contribution is 2.11. The molecule has 0 bridgehead atoms. The summed E-state index contributed by atoms with van der Waals surface area (Å²) in [6.07, 6.45) is 15.5. The molecular weight excluding hydrogens is 262 g/mol. The maximum absolute atomic E-state index is 11.6. The normalized spacial score (nSPS) is 12.3. The summed E-state index contributed by atoms with van der Waals surface area (Å²) >= 11 is 0. The largest absolute Gasteiger partial charge is 0.447 e. The van der Waals surface area contributed by atoms with Crippen molar-refractivity contribution in [2.45, 2.75) is 110 Å². The quantitative estimate of drug-likeness (QED) is 0.253. The van der Waals surface area contributed by atoms with Gasteiger partial charge in [-0.2, -0.15) is 0 Å². The van der Waals surface area contributed by atoms with Crippen molar-refractivity contribution in [1.82, 2.24) is 0 Å². The summed E-state index contributed by atoms with van der Waals surface area (Å²) < 4.78 is 5.24. The topological polar surface area (TPSA) is 52.3 Å². The van der Waals surface area contributed by atoms with Gasteiger partial charge in [-0.1, -0.05) is 78.1 Å². The van der Waals surface area contributed by atoms with Gasteiger partial charge in [-0.15, -0.1) is 0 Å². The second-order valence-corrected chi connectivity index (χ2v) is 6.10. The van der Waals surface area contributed by atoms with Crippen LogP contribution in [0.25, 0.3) is 0 Å². The van der Waals surface area contributed by atoms with E-state index in [2.05, 4.69) is 13.8 Å². The lowest BCUT2D eigenvalue weighted by Crippen LogP contribution is -2.26. The second kappa shape index (κ2) is 15.8. The number of esters is 1. The van der Waals surface area contributed by atoms with Crippen LogP contribution in [0.5, 0.6) is 0 Å². The summed E-state index contributed by atoms with van der Waals surface area (Å²) in [5.41, 5.74) is 5.85. The van der Waals surface area contributed by atoms with Gasteiger partial charge in [0.1, 0.15) is 0 Å². The Kier molecular flexibility index (Phi) is 15.4. The van der Waals surface area contributed by atoms with E-state index in [1.54, 1.807) is 0 Å². The Hall–Kier alpha value is -0.570. The summed E-state index contributed by atoms with van der Waals surface area (Å²) in [4.78, 5) is 11.6. The minimum Gasteiger partial charge on any atom is -0.447 e. The molecule has 3 nitrogen and oxygen atoms in total. The standard InChI is InChI=1S/C18H37NO2/c1-3-5-7-9-10-12-13-15-17(19)21-18(20)16-14-11-8-6-4-2/h17H,3-16,19H2,1-2H3. The van der Waals surface area contributed by atoms with Crippen molar-refractivity contribution in [3.8, 4) is 0 Å². The number of carbonyl (C=O) groups is 1. The second-order valence-electron chi connectivity index (χ2n) is 6.10. The van der Waals surface area contributed by atoms with E-state index >= 15 is 0 Å². The van der Waals surface area contributed by atoms with Crippen LogP contribution < -0.4 is 5.73 Å². The van der Waals surface area contributed by atoms with Crippen LogP contribution in [0.1, 0.15) is 104 Å². The van der Waals surface area contributed by atoms with Crippen LogP contribution in [-0.4, -0.2) is 12.2 Å². The van der Waals surface area contributed by atoms with Crippen molar-refractivity contribution in [2.24, 2.45) is 5.73 Å². The van der Waals surface area contributed by atoms with E-state index in [4.69, 9.17) is 10.5 Å². The lowest BCUT2D eigenvalue weighted by molar-refractivity contribution is -0.149. The molecule has 1 unspecified atom stereocenters. The van der Waals surface area contributed by atoms with Crippen LogP contribution in [0, 0.1) is 0 Å². The Morgan fingerprint density at radius 1 is 0.810 bits per heavy atom. The van der Waals surface area contributed by atoms with Crippen molar-refractivity contribution in [3.05, 3.63) is 0 Å². The summed E-state index contributed by atoms with van der Waals surface area (Å²) in [6.45, 7) is 4.42. The first-order valence-corrected chi connectivity index (χ1v) is 9.15. The first-order valence-electron chi connectivity index (χ1n) is 9.15. The molecule has 0 fully saturated rings. The van der Waals surface area contributed by atoms with Gasteiger partial charge in [0.05, 0.1) is 0 Å². The van der Waals surface area contributed by atoms with Crippen LogP contribution in [-0.2, 0) is 9.53 Å². The molecule has 0 aromatic heterocycles. The fourth-order valence-electron chi connectivity index (χ4n) is 2.46. The van der Waals surface area contributed by atoms with Gasteiger partial charge in [0.25, 0.3) is 0 Å². The van der Waals surface area contributed by atoms with Gasteiger partial charge < -0.3 is 4.74 Å². The smallest absolute Gasteiger partial charge is 0.307 e. The van der Waals surface area contributed by atoms with E-state index in [0.717, 1.165) is 25.7 Å². The van der Waals surface area contributed by atoms with Gasteiger partial charge in [-0.05, 0) is 19.3 Å². The Labute approximate surface area is 132 Å². The predicted molar refractivity (Wildman–Crippen MR) is 90.1 cm³/mol. The highest BCUT2D eigenvalue weighted by atomic mass is 16.6. The fourth-order valence-corrected chi connectivity index (χ4v) is 2.46. The van der Waals surface area contributed by atoms with Crippen LogP contribution in [0.3, 0.4) is 0 Å². The predicted octanol–water partition coefficient (Wildman–Crippen LogP) is 5.32. The zero-order valence-corrected chi connectivity index (χ0v) is 14.4. The van der Waals surface area contributed by atoms with Crippen LogP contribution in [0.15, 0.2) is 0 Å². The third kappa shape index (κ3) is 15.6. The fraction of sp³-hybridized carbons (Fsp3) is 0.944. The third-order valence-electron chi connectivity index (χ3n) is 3.86. The summed E-state index contributed by atoms with van der Waals surface area (Å²) in [7, 11) is 0. The van der Waals surface area contributed by atoms with Crippen LogP contribution >= 0.6 is 0 Å². The zero-order valence-electron chi connectivity index (χ0n) is 14.4. The number of carbonyl (C=O) groups excluding carboxylic acids is 1. The lowest BCUT2D eigenvalue weighted by atomic mass is 10.1. The number of ether oxygens (including phenoxy) is 1. The van der Waals surface area contributed by atoms with E-state index in [-0.39, 0.29) is 5.97 Å². The summed E-state index contributed by atoms with van der Waals surface area (Å²) in [5, 5.41) is 0. The molecule has 0 aliphatic heterocycles. The average Bonchev–Trinajstić information content (AvgIpc) is 2.46. The van der Waals surface area contributed by atoms with Gasteiger partial charge in [-0.3, -0.25) is 10.5 Å². The molecule has 0 spiro atoms. The lowest BCUT2D eigenvalue weighted by Gasteiger charge is -2.13. The van der Waals surface area contributed by atoms with Crippen molar-refractivity contribution >= 4 is 5.97 Å². The summed E-state index contributed by atoms with van der Waals surface area (Å²) in [5.74, 6) is -0.123. The number of rotatable bonds is 15. The minimum atomic E-state index is -0.399. The average molecular weight is 299 g/mol. The van der Waals surface area contributed by atoms with Gasteiger partial charge in [0.2, 0.25) is 0 Å². The SMILES string of the molecule is CCCCCCCCCC(N)OC(=O)CCCCCCC. The Morgan fingerprint density at radius 2 is 1.29 bits per heavy atom. The molecule has 0 heterocycles. The van der Waals surface area contributed by atoms with E-state index < -0.39 is 6.23 Å². The van der Waals surface area contributed by atoms with Crippen molar-refractivity contribution < 1.29 is 9.53 Å². The molecule has 0 radical (unpaired) electrons. The van der Waals surface area contributed by atoms with Gasteiger partial charge in [0.15, 0.2) is 6.23 Å². The zero-order chi connectivity index (χ0) is 15.8. The Balaban J connectivity index is 3.35. The van der Waals surface area contributed by atoms with Crippen LogP contribution in [0.4, 0.5) is 0 Å². The van der Waals surface area contributed by atoms with E-state index in [1.807, 2.05) is 0 Å².